The maximum absolute atomic E-state index is 13.1. The third kappa shape index (κ3) is 4.51. The molecule has 26 heavy (non-hydrogen) atoms. The molecule has 2 N–H and O–H groups in total. The molecular formula is C18H19FN4O2S. The first-order valence-electron chi connectivity index (χ1n) is 8.18. The third-order valence-electron chi connectivity index (χ3n) is 3.90. The lowest BCUT2D eigenvalue weighted by molar-refractivity contribution is -0.118. The Balaban J connectivity index is 1.82. The molecule has 6 nitrogen and oxygen atoms in total. The highest BCUT2D eigenvalue weighted by molar-refractivity contribution is 7.99. The number of furan rings is 1. The van der Waals surface area contributed by atoms with Crippen molar-refractivity contribution >= 4 is 17.7 Å². The molecule has 0 aliphatic rings. The minimum Gasteiger partial charge on any atom is -0.467 e. The maximum Gasteiger partial charge on any atom is 0.217 e. The Morgan fingerprint density at radius 3 is 2.73 bits per heavy atom. The Morgan fingerprint density at radius 1 is 1.31 bits per heavy atom. The van der Waals surface area contributed by atoms with Gasteiger partial charge in [0.2, 0.25) is 5.91 Å². The predicted molar refractivity (Wildman–Crippen MR) is 96.0 cm³/mol. The quantitative estimate of drug-likeness (QED) is 0.611. The van der Waals surface area contributed by atoms with Crippen LogP contribution < -0.4 is 5.73 Å². The van der Waals surface area contributed by atoms with Gasteiger partial charge in [-0.2, -0.15) is 0 Å². The molecule has 2 heterocycles. The van der Waals surface area contributed by atoms with Gasteiger partial charge in [-0.3, -0.25) is 9.36 Å². The molecular weight excluding hydrogens is 355 g/mol. The van der Waals surface area contributed by atoms with Crippen molar-refractivity contribution in [1.82, 2.24) is 14.8 Å². The van der Waals surface area contributed by atoms with Crippen LogP contribution in [0.1, 0.15) is 35.7 Å². The van der Waals surface area contributed by atoms with E-state index >= 15 is 0 Å². The molecule has 1 amide bonds. The predicted octanol–water partition coefficient (Wildman–Crippen LogP) is 3.33. The monoisotopic (exact) mass is 374 g/mol. The molecule has 0 aliphatic carbocycles. The number of primary amides is 1. The first-order valence-corrected chi connectivity index (χ1v) is 9.06. The summed E-state index contributed by atoms with van der Waals surface area (Å²) in [5.74, 6) is 0.794. The van der Waals surface area contributed by atoms with Gasteiger partial charge in [0, 0.05) is 18.1 Å². The number of nitrogens with zero attached hydrogens (tertiary/aromatic N) is 3. The van der Waals surface area contributed by atoms with Crippen molar-refractivity contribution in [3.63, 3.8) is 0 Å². The molecule has 0 bridgehead atoms. The molecule has 3 aromatic rings. The zero-order valence-electron chi connectivity index (χ0n) is 14.3. The van der Waals surface area contributed by atoms with Crippen LogP contribution in [0.15, 0.2) is 52.2 Å². The number of rotatable bonds is 8. The molecule has 3 rings (SSSR count). The number of aromatic nitrogens is 3. The maximum atomic E-state index is 13.1. The van der Waals surface area contributed by atoms with Gasteiger partial charge in [0.25, 0.3) is 0 Å². The van der Waals surface area contributed by atoms with Crippen molar-refractivity contribution < 1.29 is 13.6 Å². The van der Waals surface area contributed by atoms with Crippen LogP contribution in [0.4, 0.5) is 4.39 Å². The average Bonchev–Trinajstić information content (AvgIpc) is 3.25. The summed E-state index contributed by atoms with van der Waals surface area (Å²) in [7, 11) is 0. The first kappa shape index (κ1) is 18.2. The van der Waals surface area contributed by atoms with E-state index in [1.54, 1.807) is 18.4 Å². The summed E-state index contributed by atoms with van der Waals surface area (Å²) in [6, 6.07) is 10.1. The summed E-state index contributed by atoms with van der Waals surface area (Å²) in [5.41, 5.74) is 6.24. The van der Waals surface area contributed by atoms with Crippen LogP contribution in [0, 0.1) is 5.82 Å². The molecule has 0 saturated heterocycles. The molecule has 136 valence electrons. The first-order chi connectivity index (χ1) is 12.5. The van der Waals surface area contributed by atoms with E-state index in [1.165, 1.54) is 23.9 Å². The minimum absolute atomic E-state index is 0.0548. The highest BCUT2D eigenvalue weighted by Crippen LogP contribution is 2.34. The van der Waals surface area contributed by atoms with Gasteiger partial charge < -0.3 is 10.2 Å². The van der Waals surface area contributed by atoms with Crippen LogP contribution in [0.2, 0.25) is 0 Å². The van der Waals surface area contributed by atoms with Crippen LogP contribution in [0.25, 0.3) is 0 Å². The largest absolute Gasteiger partial charge is 0.467 e. The number of amides is 1. The molecule has 0 saturated carbocycles. The van der Waals surface area contributed by atoms with Gasteiger partial charge in [-0.25, -0.2) is 4.39 Å². The lowest BCUT2D eigenvalue weighted by Crippen LogP contribution is -2.14. The van der Waals surface area contributed by atoms with Gasteiger partial charge in [-0.05, 0) is 36.8 Å². The smallest absolute Gasteiger partial charge is 0.217 e. The number of carbonyl (C=O) groups is 1. The van der Waals surface area contributed by atoms with Gasteiger partial charge in [0.05, 0.1) is 12.8 Å². The van der Waals surface area contributed by atoms with Gasteiger partial charge in [0.15, 0.2) is 5.16 Å². The van der Waals surface area contributed by atoms with E-state index in [4.69, 9.17) is 10.2 Å². The summed E-state index contributed by atoms with van der Waals surface area (Å²) in [4.78, 5) is 11.1. The molecule has 0 radical (unpaired) electrons. The van der Waals surface area contributed by atoms with E-state index in [-0.39, 0.29) is 23.4 Å². The molecule has 0 spiro atoms. The molecule has 8 heteroatoms. The van der Waals surface area contributed by atoms with Crippen LogP contribution in [0.3, 0.4) is 0 Å². The second-order valence-electron chi connectivity index (χ2n) is 5.84. The molecule has 0 unspecified atom stereocenters. The minimum atomic E-state index is -0.383. The lowest BCUT2D eigenvalue weighted by Gasteiger charge is -2.13. The van der Waals surface area contributed by atoms with E-state index in [9.17, 15) is 9.18 Å². The number of hydrogen-bond acceptors (Lipinski definition) is 5. The fourth-order valence-electron chi connectivity index (χ4n) is 2.50. The number of nitrogens with two attached hydrogens (primary N) is 1. The number of carbonyl (C=O) groups excluding carboxylic acids is 1. The van der Waals surface area contributed by atoms with Crippen LogP contribution in [0.5, 0.6) is 0 Å². The Kier molecular flexibility index (Phi) is 5.72. The van der Waals surface area contributed by atoms with E-state index < -0.39 is 0 Å². The van der Waals surface area contributed by atoms with Crippen LogP contribution >= 0.6 is 11.8 Å². The summed E-state index contributed by atoms with van der Waals surface area (Å²) in [6.45, 7) is 2.49. The highest BCUT2D eigenvalue weighted by atomic mass is 32.2. The number of thioether (sulfide) groups is 1. The van der Waals surface area contributed by atoms with Crippen LogP contribution in [-0.4, -0.2) is 20.7 Å². The summed E-state index contributed by atoms with van der Waals surface area (Å²) in [5, 5.41) is 9.24. The van der Waals surface area contributed by atoms with Crippen LogP contribution in [-0.2, 0) is 17.8 Å². The van der Waals surface area contributed by atoms with Gasteiger partial charge in [0.1, 0.15) is 17.4 Å². The Morgan fingerprint density at radius 2 is 2.08 bits per heavy atom. The Bertz CT molecular complexity index is 862. The fourth-order valence-corrected chi connectivity index (χ4v) is 3.50. The average molecular weight is 374 g/mol. The summed E-state index contributed by atoms with van der Waals surface area (Å²) >= 11 is 1.52. The van der Waals surface area contributed by atoms with Crippen molar-refractivity contribution in [2.24, 2.45) is 5.73 Å². The Hall–Kier alpha value is -2.61. The van der Waals surface area contributed by atoms with Crippen molar-refractivity contribution in [1.29, 1.82) is 0 Å². The SMILES string of the molecule is C[C@@H](Sc1nnc(CCC(N)=O)n1Cc1ccco1)c1ccc(F)cc1. The summed E-state index contributed by atoms with van der Waals surface area (Å²) in [6.07, 6.45) is 2.22. The summed E-state index contributed by atoms with van der Waals surface area (Å²) < 4.78 is 20.5. The van der Waals surface area contributed by atoms with Gasteiger partial charge in [-0.1, -0.05) is 23.9 Å². The van der Waals surface area contributed by atoms with E-state index in [1.807, 2.05) is 23.6 Å². The van der Waals surface area contributed by atoms with Gasteiger partial charge >= 0.3 is 0 Å². The topological polar surface area (TPSA) is 86.9 Å². The number of benzene rings is 1. The van der Waals surface area contributed by atoms with Crippen molar-refractivity contribution in [3.8, 4) is 0 Å². The molecule has 2 aromatic heterocycles. The van der Waals surface area contributed by atoms with Gasteiger partial charge in [-0.15, -0.1) is 10.2 Å². The van der Waals surface area contributed by atoms with E-state index in [0.29, 0.717) is 23.9 Å². The second-order valence-corrected chi connectivity index (χ2v) is 7.15. The molecule has 0 fully saturated rings. The zero-order chi connectivity index (χ0) is 18.5. The number of hydrogen-bond donors (Lipinski definition) is 1. The number of aryl methyl sites for hydroxylation is 1. The second kappa shape index (κ2) is 8.18. The van der Waals surface area contributed by atoms with Crippen molar-refractivity contribution in [2.75, 3.05) is 0 Å². The zero-order valence-corrected chi connectivity index (χ0v) is 15.1. The molecule has 1 atom stereocenters. The fraction of sp³-hybridized carbons (Fsp3) is 0.278. The normalized spacial score (nSPS) is 12.2. The standard InChI is InChI=1S/C18H19FN4O2S/c1-12(13-4-6-14(19)7-5-13)26-18-22-21-17(9-8-16(20)24)23(18)11-15-3-2-10-25-15/h2-7,10,12H,8-9,11H2,1H3,(H2,20,24)/t12-/m1/s1. The third-order valence-corrected chi connectivity index (χ3v) is 5.04. The number of halogens is 1. The molecule has 1 aromatic carbocycles. The van der Waals surface area contributed by atoms with Crippen molar-refractivity contribution in [3.05, 3.63) is 65.6 Å². The Labute approximate surface area is 154 Å². The lowest BCUT2D eigenvalue weighted by atomic mass is 10.2. The highest BCUT2D eigenvalue weighted by Gasteiger charge is 2.18. The van der Waals surface area contributed by atoms with E-state index in [2.05, 4.69) is 10.2 Å². The molecule has 0 aliphatic heterocycles. The van der Waals surface area contributed by atoms with E-state index in [0.717, 1.165) is 11.3 Å². The van der Waals surface area contributed by atoms with Crippen molar-refractivity contribution in [2.45, 2.75) is 36.7 Å².